The van der Waals surface area contributed by atoms with Crippen LogP contribution >= 0.6 is 7.14 Å². The number of carbonyl (C=O) groups excluding carboxylic acids is 1. The number of hydrogen-bond donors (Lipinski definition) is 2. The number of rotatable bonds is 6. The van der Waals surface area contributed by atoms with Crippen LogP contribution < -0.4 is 20.1 Å². The molecule has 1 amide bonds. The fourth-order valence-electron chi connectivity index (χ4n) is 3.58. The molecule has 0 radical (unpaired) electrons. The molecule has 0 spiro atoms. The number of benzene rings is 1. The number of carbonyl (C=O) groups is 1. The number of ether oxygens (including phenoxy) is 2. The predicted molar refractivity (Wildman–Crippen MR) is 112 cm³/mol. The van der Waals surface area contributed by atoms with Gasteiger partial charge in [0, 0.05) is 5.16 Å². The highest BCUT2D eigenvalue weighted by molar-refractivity contribution is 7.74. The maximum Gasteiger partial charge on any atom is 0.230 e. The maximum atomic E-state index is 14.6. The molecule has 0 fully saturated rings. The summed E-state index contributed by atoms with van der Waals surface area (Å²) >= 11 is 0. The number of fused-ring (bicyclic) bond motifs is 1. The molecule has 2 N–H and O–H groups in total. The van der Waals surface area contributed by atoms with Gasteiger partial charge in [-0.2, -0.15) is 0 Å². The molecule has 1 aliphatic rings. The molecule has 3 atom stereocenters. The van der Waals surface area contributed by atoms with Crippen LogP contribution in [0.15, 0.2) is 18.2 Å². The Labute approximate surface area is 168 Å². The van der Waals surface area contributed by atoms with Crippen molar-refractivity contribution in [2.24, 2.45) is 11.3 Å². The quantitative estimate of drug-likeness (QED) is 0.701. The van der Waals surface area contributed by atoms with Crippen LogP contribution in [0.25, 0.3) is 0 Å². The first-order valence-corrected chi connectivity index (χ1v) is 11.5. The molecule has 2 rings (SSSR count). The number of aliphatic hydroxyl groups is 1. The first-order chi connectivity index (χ1) is 12.8. The Morgan fingerprint density at radius 2 is 1.89 bits per heavy atom. The van der Waals surface area contributed by atoms with Gasteiger partial charge in [0.2, 0.25) is 5.91 Å². The van der Waals surface area contributed by atoms with E-state index in [1.807, 2.05) is 34.6 Å². The smallest absolute Gasteiger partial charge is 0.230 e. The van der Waals surface area contributed by atoms with Gasteiger partial charge >= 0.3 is 0 Å². The minimum absolute atomic E-state index is 0.0703. The van der Waals surface area contributed by atoms with E-state index >= 15 is 0 Å². The third-order valence-corrected chi connectivity index (χ3v) is 10.1. The van der Waals surface area contributed by atoms with Crippen molar-refractivity contribution >= 4 is 18.4 Å². The van der Waals surface area contributed by atoms with E-state index in [0.717, 1.165) is 0 Å². The number of aliphatic hydroxyl groups excluding tert-OH is 1. The van der Waals surface area contributed by atoms with Crippen LogP contribution in [-0.4, -0.2) is 41.8 Å². The van der Waals surface area contributed by atoms with E-state index in [4.69, 9.17) is 9.47 Å². The summed E-state index contributed by atoms with van der Waals surface area (Å²) < 4.78 is 26.3. The standard InChI is InChI=1S/C21H34NO5P/c1-13(2)14(12-23)22-18(24)21(6,7)19-27-16-11-9-10-15(26-8)17(16)28(19,25)20(3,4)5/h9-11,13-14,19,23H,12H2,1-8H3,(H,22,24)/t14?,19?,28-/m1/s1. The second-order valence-corrected chi connectivity index (χ2v) is 12.9. The molecule has 2 unspecified atom stereocenters. The highest BCUT2D eigenvalue weighted by Crippen LogP contribution is 2.70. The molecule has 7 heteroatoms. The van der Waals surface area contributed by atoms with E-state index in [-0.39, 0.29) is 24.5 Å². The van der Waals surface area contributed by atoms with Crippen LogP contribution in [0.3, 0.4) is 0 Å². The van der Waals surface area contributed by atoms with Gasteiger partial charge in [-0.3, -0.25) is 4.79 Å². The van der Waals surface area contributed by atoms with Crippen LogP contribution in [0, 0.1) is 11.3 Å². The van der Waals surface area contributed by atoms with E-state index in [0.29, 0.717) is 16.8 Å². The highest BCUT2D eigenvalue weighted by atomic mass is 31.2. The van der Waals surface area contributed by atoms with Gasteiger partial charge in [-0.15, -0.1) is 0 Å². The van der Waals surface area contributed by atoms with Gasteiger partial charge in [-0.25, -0.2) is 0 Å². The van der Waals surface area contributed by atoms with Crippen molar-refractivity contribution in [1.29, 1.82) is 0 Å². The van der Waals surface area contributed by atoms with Crippen molar-refractivity contribution in [2.75, 3.05) is 13.7 Å². The van der Waals surface area contributed by atoms with Crippen LogP contribution in [0.5, 0.6) is 11.5 Å². The van der Waals surface area contributed by atoms with Crippen LogP contribution in [0.1, 0.15) is 48.5 Å². The Kier molecular flexibility index (Phi) is 6.28. The van der Waals surface area contributed by atoms with Gasteiger partial charge in [0.15, 0.2) is 13.0 Å². The SMILES string of the molecule is COc1cccc2c1[P@](=O)(C(C)(C)C)C(C(C)(C)C(=O)NC(CO)C(C)C)O2. The Bertz CT molecular complexity index is 781. The monoisotopic (exact) mass is 411 g/mol. The third-order valence-electron chi connectivity index (χ3n) is 5.60. The van der Waals surface area contributed by atoms with Crippen molar-refractivity contribution in [3.05, 3.63) is 18.2 Å². The average molecular weight is 411 g/mol. The van der Waals surface area contributed by atoms with Gasteiger partial charge < -0.3 is 24.5 Å². The van der Waals surface area contributed by atoms with Crippen LogP contribution in [-0.2, 0) is 9.36 Å². The summed E-state index contributed by atoms with van der Waals surface area (Å²) in [7, 11) is -1.69. The molecule has 1 aromatic carbocycles. The normalized spacial score (nSPS) is 23.1. The van der Waals surface area contributed by atoms with E-state index in [2.05, 4.69) is 5.32 Å². The van der Waals surface area contributed by atoms with E-state index in [9.17, 15) is 14.5 Å². The number of nitrogens with one attached hydrogen (secondary N) is 1. The van der Waals surface area contributed by atoms with Crippen molar-refractivity contribution in [3.8, 4) is 11.5 Å². The second kappa shape index (κ2) is 7.72. The molecule has 0 aliphatic carbocycles. The minimum Gasteiger partial charge on any atom is -0.496 e. The molecule has 0 saturated carbocycles. The lowest BCUT2D eigenvalue weighted by Gasteiger charge is -2.39. The van der Waals surface area contributed by atoms with Crippen LogP contribution in [0.4, 0.5) is 0 Å². The largest absolute Gasteiger partial charge is 0.496 e. The molecular weight excluding hydrogens is 377 g/mol. The molecule has 6 nitrogen and oxygen atoms in total. The van der Waals surface area contributed by atoms with Crippen molar-refractivity contribution in [2.45, 2.75) is 65.5 Å². The molecule has 28 heavy (non-hydrogen) atoms. The second-order valence-electron chi connectivity index (χ2n) is 9.33. The summed E-state index contributed by atoms with van der Waals surface area (Å²) in [4.78, 5) is 13.2. The highest BCUT2D eigenvalue weighted by Gasteiger charge is 2.61. The number of amides is 1. The molecule has 0 aromatic heterocycles. The molecule has 0 bridgehead atoms. The molecule has 1 aromatic rings. The Balaban J connectivity index is 2.55. The first-order valence-electron chi connectivity index (χ1n) is 9.68. The van der Waals surface area contributed by atoms with Gasteiger partial charge in [0.1, 0.15) is 11.5 Å². The van der Waals surface area contributed by atoms with E-state index in [1.54, 1.807) is 39.2 Å². The topological polar surface area (TPSA) is 84.9 Å². The van der Waals surface area contributed by atoms with Crippen molar-refractivity contribution in [1.82, 2.24) is 5.32 Å². The summed E-state index contributed by atoms with van der Waals surface area (Å²) in [6, 6.07) is 4.96. The van der Waals surface area contributed by atoms with Crippen LogP contribution in [0.2, 0.25) is 0 Å². The first kappa shape index (κ1) is 22.8. The number of methoxy groups -OCH3 is 1. The van der Waals surface area contributed by atoms with E-state index in [1.165, 1.54) is 0 Å². The molecular formula is C21H34NO5P. The summed E-state index contributed by atoms with van der Waals surface area (Å²) in [5.41, 5.74) is -1.09. The summed E-state index contributed by atoms with van der Waals surface area (Å²) in [6.45, 7) is 12.9. The molecule has 1 aliphatic heterocycles. The van der Waals surface area contributed by atoms with Gasteiger partial charge in [0.25, 0.3) is 0 Å². The minimum atomic E-state index is -3.23. The average Bonchev–Trinajstić information content (AvgIpc) is 2.94. The zero-order valence-corrected chi connectivity index (χ0v) is 19.1. The molecule has 0 saturated heterocycles. The summed E-state index contributed by atoms with van der Waals surface area (Å²) in [5.74, 6) is -0.0313. The molecule has 158 valence electrons. The fraction of sp³-hybridized carbons (Fsp3) is 0.667. The lowest BCUT2D eigenvalue weighted by Crippen LogP contribution is -2.52. The van der Waals surface area contributed by atoms with Gasteiger partial charge in [-0.05, 0) is 31.9 Å². The maximum absolute atomic E-state index is 14.6. The van der Waals surface area contributed by atoms with Crippen molar-refractivity contribution in [3.63, 3.8) is 0 Å². The predicted octanol–water partition coefficient (Wildman–Crippen LogP) is 3.36. The fourth-order valence-corrected chi connectivity index (χ4v) is 7.42. The zero-order valence-electron chi connectivity index (χ0n) is 18.2. The van der Waals surface area contributed by atoms with Gasteiger partial charge in [0.05, 0.1) is 30.5 Å². The third kappa shape index (κ3) is 3.57. The zero-order chi connectivity index (χ0) is 21.5. The Morgan fingerprint density at radius 3 is 2.36 bits per heavy atom. The lowest BCUT2D eigenvalue weighted by atomic mass is 9.91. The van der Waals surface area contributed by atoms with Gasteiger partial charge in [-0.1, -0.05) is 40.7 Å². The number of hydrogen-bond acceptors (Lipinski definition) is 5. The Morgan fingerprint density at radius 1 is 1.29 bits per heavy atom. The van der Waals surface area contributed by atoms with Crippen molar-refractivity contribution < 1.29 is 23.9 Å². The van der Waals surface area contributed by atoms with E-state index < -0.39 is 23.6 Å². The summed E-state index contributed by atoms with van der Waals surface area (Å²) in [6.07, 6.45) is 0. The molecule has 1 heterocycles. The lowest BCUT2D eigenvalue weighted by molar-refractivity contribution is -0.133. The Hall–Kier alpha value is -1.52. The summed E-state index contributed by atoms with van der Waals surface area (Å²) in [5, 5.41) is 12.4.